The second-order valence-corrected chi connectivity index (χ2v) is 3.48. The Labute approximate surface area is 87.1 Å². The van der Waals surface area contributed by atoms with E-state index in [4.69, 9.17) is 5.11 Å². The molecule has 86 valence electrons. The Kier molecular flexibility index (Phi) is 4.16. The van der Waals surface area contributed by atoms with Crippen molar-refractivity contribution in [3.8, 4) is 0 Å². The van der Waals surface area contributed by atoms with Crippen molar-refractivity contribution in [1.29, 1.82) is 0 Å². The van der Waals surface area contributed by atoms with Crippen LogP contribution < -0.4 is 0 Å². The molecule has 0 saturated heterocycles. The zero-order chi connectivity index (χ0) is 11.4. The van der Waals surface area contributed by atoms with Gasteiger partial charge in [-0.15, -0.1) is 0 Å². The number of aliphatic hydroxyl groups is 1. The van der Waals surface area contributed by atoms with E-state index < -0.39 is 6.55 Å². The number of alkyl halides is 2. The lowest BCUT2D eigenvalue weighted by Crippen LogP contribution is -2.32. The molecule has 0 spiro atoms. The van der Waals surface area contributed by atoms with Crippen molar-refractivity contribution >= 4 is 0 Å². The van der Waals surface area contributed by atoms with E-state index in [1.54, 1.807) is 11.9 Å². The summed E-state index contributed by atoms with van der Waals surface area (Å²) in [7, 11) is 1.76. The highest BCUT2D eigenvalue weighted by atomic mass is 19.3. The molecule has 0 radical (unpaired) electrons. The fraction of sp³-hybridized carbons (Fsp3) is 0.667. The number of halogens is 2. The summed E-state index contributed by atoms with van der Waals surface area (Å²) in [5, 5.41) is 8.90. The quantitative estimate of drug-likeness (QED) is 0.806. The van der Waals surface area contributed by atoms with E-state index in [9.17, 15) is 8.78 Å². The van der Waals surface area contributed by atoms with Crippen LogP contribution in [-0.4, -0.2) is 39.3 Å². The Morgan fingerprint density at radius 2 is 2.27 bits per heavy atom. The van der Waals surface area contributed by atoms with Crippen molar-refractivity contribution in [3.63, 3.8) is 0 Å². The van der Waals surface area contributed by atoms with E-state index in [2.05, 4.69) is 4.98 Å². The second kappa shape index (κ2) is 5.18. The Morgan fingerprint density at radius 1 is 1.60 bits per heavy atom. The highest BCUT2D eigenvalue weighted by Gasteiger charge is 2.15. The van der Waals surface area contributed by atoms with E-state index >= 15 is 0 Å². The van der Waals surface area contributed by atoms with Crippen LogP contribution in [0.2, 0.25) is 0 Å². The van der Waals surface area contributed by atoms with Gasteiger partial charge in [0.25, 0.3) is 0 Å². The van der Waals surface area contributed by atoms with Crippen LogP contribution in [0.3, 0.4) is 0 Å². The molecule has 0 fully saturated rings. The third kappa shape index (κ3) is 2.97. The maximum atomic E-state index is 12.4. The van der Waals surface area contributed by atoms with Crippen molar-refractivity contribution in [2.45, 2.75) is 26.1 Å². The number of hydrogen-bond donors (Lipinski definition) is 1. The number of nitrogens with zero attached hydrogens (tertiary/aromatic N) is 3. The average molecular weight is 219 g/mol. The Hall–Kier alpha value is -1.01. The molecule has 0 aliphatic carbocycles. The third-order valence-electron chi connectivity index (χ3n) is 2.37. The lowest BCUT2D eigenvalue weighted by molar-refractivity contribution is 0.0622. The van der Waals surface area contributed by atoms with Gasteiger partial charge in [-0.2, -0.15) is 8.78 Å². The van der Waals surface area contributed by atoms with Crippen molar-refractivity contribution in [3.05, 3.63) is 18.2 Å². The van der Waals surface area contributed by atoms with Crippen molar-refractivity contribution in [1.82, 2.24) is 14.5 Å². The highest BCUT2D eigenvalue weighted by Crippen LogP contribution is 2.14. The molecule has 0 aromatic carbocycles. The Bertz CT molecular complexity index is 303. The maximum Gasteiger partial charge on any atom is 0.319 e. The smallest absolute Gasteiger partial charge is 0.319 e. The second-order valence-electron chi connectivity index (χ2n) is 3.48. The molecular weight excluding hydrogens is 204 g/mol. The van der Waals surface area contributed by atoms with E-state index in [0.29, 0.717) is 12.4 Å². The van der Waals surface area contributed by atoms with Crippen LogP contribution in [0.15, 0.2) is 12.4 Å². The summed E-state index contributed by atoms with van der Waals surface area (Å²) in [6.07, 6.45) is 2.59. The van der Waals surface area contributed by atoms with Crippen LogP contribution >= 0.6 is 0 Å². The van der Waals surface area contributed by atoms with E-state index in [1.165, 1.54) is 12.4 Å². The zero-order valence-corrected chi connectivity index (χ0v) is 8.77. The molecule has 0 amide bonds. The largest absolute Gasteiger partial charge is 0.395 e. The number of likely N-dealkylation sites (N-methyl/N-ethyl adjacent to an activating group) is 1. The van der Waals surface area contributed by atoms with Crippen molar-refractivity contribution in [2.24, 2.45) is 0 Å². The molecule has 1 heterocycles. The van der Waals surface area contributed by atoms with E-state index in [1.807, 2.05) is 6.92 Å². The minimum absolute atomic E-state index is 0.00805. The minimum Gasteiger partial charge on any atom is -0.395 e. The van der Waals surface area contributed by atoms with Gasteiger partial charge in [-0.3, -0.25) is 9.47 Å². The van der Waals surface area contributed by atoms with Crippen LogP contribution in [0.4, 0.5) is 8.78 Å². The molecule has 4 nitrogen and oxygen atoms in total. The van der Waals surface area contributed by atoms with Crippen LogP contribution in [0.1, 0.15) is 19.3 Å². The van der Waals surface area contributed by atoms with Gasteiger partial charge in [-0.25, -0.2) is 4.98 Å². The molecule has 0 saturated carbocycles. The predicted molar refractivity (Wildman–Crippen MR) is 51.5 cm³/mol. The first-order chi connectivity index (χ1) is 7.06. The van der Waals surface area contributed by atoms with Crippen LogP contribution in [-0.2, 0) is 6.54 Å². The van der Waals surface area contributed by atoms with Gasteiger partial charge in [0, 0.05) is 18.4 Å². The summed E-state index contributed by atoms with van der Waals surface area (Å²) in [5.41, 5.74) is 0. The minimum atomic E-state index is -2.57. The zero-order valence-electron chi connectivity index (χ0n) is 8.77. The van der Waals surface area contributed by atoms with Crippen LogP contribution in [0, 0.1) is 0 Å². The number of hydrogen-bond acceptors (Lipinski definition) is 3. The molecule has 0 aliphatic rings. The Morgan fingerprint density at radius 3 is 2.80 bits per heavy atom. The molecule has 15 heavy (non-hydrogen) atoms. The monoisotopic (exact) mass is 219 g/mol. The first-order valence-corrected chi connectivity index (χ1v) is 4.67. The van der Waals surface area contributed by atoms with Gasteiger partial charge in [0.05, 0.1) is 13.2 Å². The van der Waals surface area contributed by atoms with Gasteiger partial charge in [0.1, 0.15) is 5.82 Å². The Balaban J connectivity index is 2.67. The molecule has 1 N–H and O–H groups in total. The molecule has 1 aromatic rings. The number of aromatic nitrogens is 2. The molecule has 1 atom stereocenters. The predicted octanol–water partition coefficient (Wildman–Crippen LogP) is 1.09. The fourth-order valence-corrected chi connectivity index (χ4v) is 1.16. The summed E-state index contributed by atoms with van der Waals surface area (Å²) in [4.78, 5) is 5.62. The average Bonchev–Trinajstić information content (AvgIpc) is 2.64. The van der Waals surface area contributed by atoms with Gasteiger partial charge in [0.15, 0.2) is 0 Å². The lowest BCUT2D eigenvalue weighted by Gasteiger charge is -2.22. The summed E-state index contributed by atoms with van der Waals surface area (Å²) < 4.78 is 25.7. The number of imidazole rings is 1. The molecule has 6 heteroatoms. The van der Waals surface area contributed by atoms with Gasteiger partial charge < -0.3 is 5.11 Å². The number of rotatable bonds is 5. The van der Waals surface area contributed by atoms with Crippen LogP contribution in [0.5, 0.6) is 0 Å². The highest BCUT2D eigenvalue weighted by molar-refractivity contribution is 4.92. The summed E-state index contributed by atoms with van der Waals surface area (Å²) >= 11 is 0. The third-order valence-corrected chi connectivity index (χ3v) is 2.37. The SMILES string of the molecule is CC(CO)N(C)Cc1nccn1C(F)F. The summed E-state index contributed by atoms with van der Waals surface area (Å²) in [6, 6.07) is -0.0761. The van der Waals surface area contributed by atoms with Crippen molar-refractivity contribution in [2.75, 3.05) is 13.7 Å². The molecular formula is C9H15F2N3O. The standard InChI is InChI=1S/C9H15F2N3O/c1-7(6-15)13(2)5-8-12-3-4-14(8)9(10)11/h3-4,7,9,15H,5-6H2,1-2H3. The molecule has 0 aliphatic heterocycles. The van der Waals surface area contributed by atoms with Gasteiger partial charge in [0.2, 0.25) is 0 Å². The summed E-state index contributed by atoms with van der Waals surface area (Å²) in [6.45, 7) is -0.471. The van der Waals surface area contributed by atoms with Gasteiger partial charge in [-0.05, 0) is 14.0 Å². The maximum absolute atomic E-state index is 12.4. The fourth-order valence-electron chi connectivity index (χ4n) is 1.16. The first-order valence-electron chi connectivity index (χ1n) is 4.67. The number of aliphatic hydroxyl groups excluding tert-OH is 1. The molecule has 0 bridgehead atoms. The van der Waals surface area contributed by atoms with E-state index in [0.717, 1.165) is 4.57 Å². The first kappa shape index (κ1) is 12.1. The lowest BCUT2D eigenvalue weighted by atomic mass is 10.3. The van der Waals surface area contributed by atoms with E-state index in [-0.39, 0.29) is 12.6 Å². The molecule has 1 aromatic heterocycles. The summed E-state index contributed by atoms with van der Waals surface area (Å²) in [5.74, 6) is 0.299. The normalized spacial score (nSPS) is 13.8. The van der Waals surface area contributed by atoms with Crippen molar-refractivity contribution < 1.29 is 13.9 Å². The molecule has 1 unspecified atom stereocenters. The van der Waals surface area contributed by atoms with Gasteiger partial charge in [-0.1, -0.05) is 0 Å². The van der Waals surface area contributed by atoms with Crippen LogP contribution in [0.25, 0.3) is 0 Å². The topological polar surface area (TPSA) is 41.3 Å². The van der Waals surface area contributed by atoms with Gasteiger partial charge >= 0.3 is 6.55 Å². The molecule has 1 rings (SSSR count).